The van der Waals surface area contributed by atoms with Crippen molar-refractivity contribution in [2.45, 2.75) is 13.1 Å². The third-order valence-electron chi connectivity index (χ3n) is 5.66. The van der Waals surface area contributed by atoms with Crippen LogP contribution in [0, 0.1) is 23.5 Å². The molecule has 0 atom stereocenters. The van der Waals surface area contributed by atoms with Gasteiger partial charge in [-0.15, -0.1) is 0 Å². The normalized spacial score (nSPS) is 12.5. The summed E-state index contributed by atoms with van der Waals surface area (Å²) in [6, 6.07) is 15.2. The fourth-order valence-corrected chi connectivity index (χ4v) is 4.02. The van der Waals surface area contributed by atoms with Gasteiger partial charge in [-0.05, 0) is 59.5 Å². The molecule has 0 amide bonds. The van der Waals surface area contributed by atoms with Gasteiger partial charge >= 0.3 is 0 Å². The van der Waals surface area contributed by atoms with Gasteiger partial charge in [0.1, 0.15) is 22.8 Å². The Balaban J connectivity index is 1.27. The molecule has 0 aliphatic carbocycles. The number of aromatic amines is 1. The quantitative estimate of drug-likeness (QED) is 0.398. The van der Waals surface area contributed by atoms with Crippen LogP contribution in [0.1, 0.15) is 22.4 Å². The summed E-state index contributed by atoms with van der Waals surface area (Å²) in [5.74, 6) is 5.87. The molecule has 164 valence electrons. The molecule has 6 nitrogen and oxygen atoms in total. The van der Waals surface area contributed by atoms with Crippen LogP contribution in [0.15, 0.2) is 67.0 Å². The fourth-order valence-electron chi connectivity index (χ4n) is 4.02. The molecule has 3 aromatic heterocycles. The number of benzene rings is 2. The van der Waals surface area contributed by atoms with Gasteiger partial charge in [-0.25, -0.2) is 23.7 Å². The lowest BCUT2D eigenvalue weighted by Gasteiger charge is -2.15. The van der Waals surface area contributed by atoms with Crippen molar-refractivity contribution >= 4 is 16.9 Å². The van der Waals surface area contributed by atoms with Crippen LogP contribution in [0.5, 0.6) is 0 Å². The van der Waals surface area contributed by atoms with Crippen molar-refractivity contribution in [2.75, 3.05) is 4.90 Å². The van der Waals surface area contributed by atoms with E-state index >= 15 is 0 Å². The molecule has 1 N–H and O–H groups in total. The molecule has 0 unspecified atom stereocenters. The summed E-state index contributed by atoms with van der Waals surface area (Å²) in [7, 11) is 0. The molecule has 2 aromatic carbocycles. The maximum absolute atomic E-state index is 14.2. The van der Waals surface area contributed by atoms with Crippen LogP contribution in [0.3, 0.4) is 0 Å². The van der Waals surface area contributed by atoms with E-state index in [1.54, 1.807) is 42.7 Å². The van der Waals surface area contributed by atoms with E-state index in [2.05, 4.69) is 37.0 Å². The van der Waals surface area contributed by atoms with Crippen LogP contribution in [0.4, 0.5) is 14.7 Å². The van der Waals surface area contributed by atoms with Crippen LogP contribution >= 0.6 is 0 Å². The van der Waals surface area contributed by atoms with Crippen molar-refractivity contribution in [2.24, 2.45) is 0 Å². The second kappa shape index (κ2) is 8.05. The highest BCUT2D eigenvalue weighted by molar-refractivity contribution is 5.80. The van der Waals surface area contributed by atoms with E-state index in [1.807, 2.05) is 17.0 Å². The van der Waals surface area contributed by atoms with Crippen LogP contribution in [-0.2, 0) is 13.1 Å². The van der Waals surface area contributed by atoms with Gasteiger partial charge in [0.05, 0.1) is 17.6 Å². The van der Waals surface area contributed by atoms with Gasteiger partial charge in [-0.2, -0.15) is 5.10 Å². The van der Waals surface area contributed by atoms with E-state index < -0.39 is 5.82 Å². The molecular formula is C26H16F2N6. The number of nitrogens with one attached hydrogen (secondary N) is 1. The van der Waals surface area contributed by atoms with E-state index in [1.165, 1.54) is 12.1 Å². The first-order valence-corrected chi connectivity index (χ1v) is 10.6. The molecule has 4 heterocycles. The second-order valence-corrected chi connectivity index (χ2v) is 7.96. The minimum atomic E-state index is -0.402. The van der Waals surface area contributed by atoms with E-state index in [0.717, 1.165) is 11.1 Å². The summed E-state index contributed by atoms with van der Waals surface area (Å²) in [5.41, 5.74) is 4.74. The summed E-state index contributed by atoms with van der Waals surface area (Å²) in [4.78, 5) is 15.7. The zero-order valence-corrected chi connectivity index (χ0v) is 17.8. The monoisotopic (exact) mass is 450 g/mol. The highest BCUT2D eigenvalue weighted by Gasteiger charge is 2.22. The van der Waals surface area contributed by atoms with Crippen molar-refractivity contribution in [1.82, 2.24) is 25.1 Å². The van der Waals surface area contributed by atoms with Gasteiger partial charge < -0.3 is 4.90 Å². The second-order valence-electron chi connectivity index (χ2n) is 7.96. The molecule has 0 saturated heterocycles. The van der Waals surface area contributed by atoms with E-state index in [0.29, 0.717) is 52.6 Å². The van der Waals surface area contributed by atoms with Crippen LogP contribution in [0.25, 0.3) is 22.3 Å². The minimum Gasteiger partial charge on any atom is -0.332 e. The number of pyridine rings is 1. The summed E-state index contributed by atoms with van der Waals surface area (Å²) in [6.07, 6.45) is 3.24. The molecule has 5 aromatic rings. The Bertz CT molecular complexity index is 1610. The number of aromatic nitrogens is 5. The van der Waals surface area contributed by atoms with E-state index in [4.69, 9.17) is 0 Å². The SMILES string of the molecule is Fc1ccc2c(c1)CN(c1nccc(-c3cccc(C#Cc4cc(F)c5[nH]ncc5c4)n3)n1)C2. The van der Waals surface area contributed by atoms with Gasteiger partial charge in [0.25, 0.3) is 0 Å². The first-order valence-electron chi connectivity index (χ1n) is 10.6. The Hall–Kier alpha value is -4.64. The number of halogens is 2. The maximum Gasteiger partial charge on any atom is 0.226 e. The highest BCUT2D eigenvalue weighted by atomic mass is 19.1. The number of H-pyrrole nitrogens is 1. The Morgan fingerprint density at radius 2 is 1.76 bits per heavy atom. The molecule has 34 heavy (non-hydrogen) atoms. The first kappa shape index (κ1) is 20.0. The Kier molecular flexibility index (Phi) is 4.73. The molecule has 0 fully saturated rings. The molecule has 6 rings (SSSR count). The molecule has 8 heteroatoms. The van der Waals surface area contributed by atoms with Crippen LogP contribution in [0.2, 0.25) is 0 Å². The Labute approximate surface area is 193 Å². The lowest BCUT2D eigenvalue weighted by molar-refractivity contribution is 0.626. The third kappa shape index (κ3) is 3.73. The molecule has 0 bridgehead atoms. The zero-order chi connectivity index (χ0) is 23.1. The van der Waals surface area contributed by atoms with Gasteiger partial charge in [0, 0.05) is 30.2 Å². The number of hydrogen-bond donors (Lipinski definition) is 1. The number of fused-ring (bicyclic) bond motifs is 2. The number of nitrogens with zero attached hydrogens (tertiary/aromatic N) is 5. The van der Waals surface area contributed by atoms with Crippen molar-refractivity contribution in [3.8, 4) is 23.2 Å². The summed E-state index contributed by atoms with van der Waals surface area (Å²) in [6.45, 7) is 1.17. The molecule has 0 radical (unpaired) electrons. The van der Waals surface area contributed by atoms with Gasteiger partial charge in [0.15, 0.2) is 0 Å². The predicted octanol–water partition coefficient (Wildman–Crippen LogP) is 4.61. The van der Waals surface area contributed by atoms with E-state index in [9.17, 15) is 8.78 Å². The fraction of sp³-hybridized carbons (Fsp3) is 0.0769. The average Bonchev–Trinajstić information content (AvgIpc) is 3.50. The predicted molar refractivity (Wildman–Crippen MR) is 124 cm³/mol. The van der Waals surface area contributed by atoms with Crippen LogP contribution < -0.4 is 4.90 Å². The third-order valence-corrected chi connectivity index (χ3v) is 5.66. The summed E-state index contributed by atoms with van der Waals surface area (Å²) in [5, 5.41) is 7.15. The van der Waals surface area contributed by atoms with Crippen molar-refractivity contribution in [3.63, 3.8) is 0 Å². The van der Waals surface area contributed by atoms with Gasteiger partial charge in [-0.3, -0.25) is 5.10 Å². The lowest BCUT2D eigenvalue weighted by Crippen LogP contribution is -2.17. The van der Waals surface area contributed by atoms with Crippen molar-refractivity contribution in [1.29, 1.82) is 0 Å². The Morgan fingerprint density at radius 3 is 2.71 bits per heavy atom. The Morgan fingerprint density at radius 1 is 0.882 bits per heavy atom. The number of rotatable bonds is 2. The number of hydrogen-bond acceptors (Lipinski definition) is 5. The minimum absolute atomic E-state index is 0.246. The van der Waals surface area contributed by atoms with Gasteiger partial charge in [-0.1, -0.05) is 18.1 Å². The smallest absolute Gasteiger partial charge is 0.226 e. The summed E-state index contributed by atoms with van der Waals surface area (Å²) >= 11 is 0. The van der Waals surface area contributed by atoms with E-state index in [-0.39, 0.29) is 5.82 Å². The molecular weight excluding hydrogens is 434 g/mol. The standard InChI is InChI=1S/C26H16F2N6/c27-20-6-5-17-14-34(15-19(17)12-20)26-29-9-8-24(32-26)23-3-1-2-21(31-23)7-4-16-10-18-13-30-33-25(18)22(28)11-16/h1-3,5-6,8-13H,14-15H2,(H,30,33). The maximum atomic E-state index is 14.2. The van der Waals surface area contributed by atoms with Crippen molar-refractivity contribution in [3.05, 3.63) is 101 Å². The molecule has 1 aliphatic rings. The molecule has 1 aliphatic heterocycles. The van der Waals surface area contributed by atoms with Crippen molar-refractivity contribution < 1.29 is 8.78 Å². The highest BCUT2D eigenvalue weighted by Crippen LogP contribution is 2.27. The molecule has 0 spiro atoms. The topological polar surface area (TPSA) is 70.6 Å². The number of anilines is 1. The average molecular weight is 450 g/mol. The zero-order valence-electron chi connectivity index (χ0n) is 17.8. The van der Waals surface area contributed by atoms with Gasteiger partial charge in [0.2, 0.25) is 5.95 Å². The summed E-state index contributed by atoms with van der Waals surface area (Å²) < 4.78 is 27.7. The largest absolute Gasteiger partial charge is 0.332 e. The molecule has 0 saturated carbocycles. The first-order chi connectivity index (χ1) is 16.6. The van der Waals surface area contributed by atoms with Crippen LogP contribution in [-0.4, -0.2) is 25.1 Å². The lowest BCUT2D eigenvalue weighted by atomic mass is 10.1.